The van der Waals surface area contributed by atoms with Crippen molar-refractivity contribution in [3.8, 4) is 5.88 Å². The summed E-state index contributed by atoms with van der Waals surface area (Å²) in [5, 5.41) is 9.38. The van der Waals surface area contributed by atoms with Crippen LogP contribution in [-0.4, -0.2) is 22.3 Å². The van der Waals surface area contributed by atoms with Gasteiger partial charge in [0.25, 0.3) is 0 Å². The van der Waals surface area contributed by atoms with E-state index in [0.717, 1.165) is 4.60 Å². The third-order valence-electron chi connectivity index (χ3n) is 1.26. The van der Waals surface area contributed by atoms with Crippen LogP contribution in [0.3, 0.4) is 0 Å². The summed E-state index contributed by atoms with van der Waals surface area (Å²) in [6.07, 6.45) is 0. The first-order valence-corrected chi connectivity index (χ1v) is 4.74. The highest BCUT2D eigenvalue weighted by Gasteiger charge is 2.13. The van der Waals surface area contributed by atoms with Gasteiger partial charge in [-0.3, -0.25) is 0 Å². The molecule has 1 aromatic rings. The van der Waals surface area contributed by atoms with Crippen LogP contribution in [0, 0.1) is 0 Å². The maximum absolute atomic E-state index is 9.38. The molecule has 1 heterocycles. The Bertz CT molecular complexity index is 283. The number of hydrogen-bond donors (Lipinski definition) is 1. The van der Waals surface area contributed by atoms with E-state index in [1.165, 1.54) is 0 Å². The van der Waals surface area contributed by atoms with E-state index in [1.807, 2.05) is 12.1 Å². The molecule has 1 rings (SSSR count). The van der Waals surface area contributed by atoms with Gasteiger partial charge in [-0.2, -0.15) is 0 Å². The average Bonchev–Trinajstić information content (AvgIpc) is 2.00. The largest absolute Gasteiger partial charge is 0.475 e. The van der Waals surface area contributed by atoms with Crippen LogP contribution in [0.2, 0.25) is 0 Å². The minimum atomic E-state index is -0.829. The summed E-state index contributed by atoms with van der Waals surface area (Å²) in [6, 6.07) is 5.39. The first kappa shape index (κ1) is 10.5. The second kappa shape index (κ2) is 4.07. The van der Waals surface area contributed by atoms with Crippen LogP contribution in [0.4, 0.5) is 0 Å². The quantitative estimate of drug-likeness (QED) is 0.829. The van der Waals surface area contributed by atoms with Crippen molar-refractivity contribution in [2.45, 2.75) is 19.4 Å². The topological polar surface area (TPSA) is 42.4 Å². The van der Waals surface area contributed by atoms with Crippen LogP contribution < -0.4 is 4.74 Å². The number of aliphatic hydroxyl groups is 1. The molecule has 1 aromatic heterocycles. The first-order valence-electron chi connectivity index (χ1n) is 3.95. The van der Waals surface area contributed by atoms with E-state index < -0.39 is 5.60 Å². The molecule has 0 saturated carbocycles. The Morgan fingerprint density at radius 3 is 2.77 bits per heavy atom. The highest BCUT2D eigenvalue weighted by molar-refractivity contribution is 9.10. The predicted octanol–water partition coefficient (Wildman–Crippen LogP) is 1.99. The van der Waals surface area contributed by atoms with Gasteiger partial charge >= 0.3 is 0 Å². The zero-order valence-electron chi connectivity index (χ0n) is 7.62. The van der Waals surface area contributed by atoms with Crippen LogP contribution in [0.15, 0.2) is 22.8 Å². The lowest BCUT2D eigenvalue weighted by atomic mass is 10.2. The molecule has 13 heavy (non-hydrogen) atoms. The lowest BCUT2D eigenvalue weighted by Gasteiger charge is -2.16. The Kier molecular flexibility index (Phi) is 3.27. The molecular weight excluding hydrogens is 234 g/mol. The minimum absolute atomic E-state index is 0.233. The second-order valence-corrected chi connectivity index (χ2v) is 4.21. The van der Waals surface area contributed by atoms with Crippen molar-refractivity contribution in [2.24, 2.45) is 0 Å². The molecule has 4 heteroatoms. The van der Waals surface area contributed by atoms with Crippen molar-refractivity contribution in [3.05, 3.63) is 22.8 Å². The molecule has 0 amide bonds. The molecule has 0 spiro atoms. The summed E-state index contributed by atoms with van der Waals surface area (Å²) in [7, 11) is 0. The molecule has 0 atom stereocenters. The molecule has 0 radical (unpaired) electrons. The number of aromatic nitrogens is 1. The van der Waals surface area contributed by atoms with Gasteiger partial charge in [-0.25, -0.2) is 4.98 Å². The van der Waals surface area contributed by atoms with E-state index in [1.54, 1.807) is 19.9 Å². The Morgan fingerprint density at radius 2 is 2.23 bits per heavy atom. The Labute approximate surface area is 85.9 Å². The maximum atomic E-state index is 9.38. The summed E-state index contributed by atoms with van der Waals surface area (Å²) >= 11 is 3.23. The van der Waals surface area contributed by atoms with Crippen molar-refractivity contribution in [1.29, 1.82) is 0 Å². The molecule has 0 aromatic carbocycles. The summed E-state index contributed by atoms with van der Waals surface area (Å²) in [4.78, 5) is 4.06. The van der Waals surface area contributed by atoms with E-state index in [9.17, 15) is 5.11 Å². The SMILES string of the molecule is CC(C)(O)COc1cccc(Br)n1. The van der Waals surface area contributed by atoms with Gasteiger partial charge in [0.2, 0.25) is 5.88 Å². The van der Waals surface area contributed by atoms with Crippen LogP contribution in [0.5, 0.6) is 5.88 Å². The lowest BCUT2D eigenvalue weighted by Crippen LogP contribution is -2.28. The fourth-order valence-electron chi connectivity index (χ4n) is 0.721. The van der Waals surface area contributed by atoms with Gasteiger partial charge in [0.05, 0.1) is 5.60 Å². The molecule has 3 nitrogen and oxygen atoms in total. The zero-order valence-corrected chi connectivity index (χ0v) is 9.21. The minimum Gasteiger partial charge on any atom is -0.475 e. The molecule has 0 aliphatic rings. The van der Waals surface area contributed by atoms with Crippen molar-refractivity contribution < 1.29 is 9.84 Å². The molecule has 0 saturated heterocycles. The molecule has 72 valence electrons. The number of hydrogen-bond acceptors (Lipinski definition) is 3. The van der Waals surface area contributed by atoms with Crippen molar-refractivity contribution >= 4 is 15.9 Å². The highest BCUT2D eigenvalue weighted by Crippen LogP contribution is 2.13. The zero-order chi connectivity index (χ0) is 9.90. The number of nitrogens with zero attached hydrogens (tertiary/aromatic N) is 1. The highest BCUT2D eigenvalue weighted by atomic mass is 79.9. The van der Waals surface area contributed by atoms with Gasteiger partial charge in [0, 0.05) is 6.07 Å². The summed E-state index contributed by atoms with van der Waals surface area (Å²) in [5.74, 6) is 0.511. The van der Waals surface area contributed by atoms with Crippen molar-refractivity contribution in [3.63, 3.8) is 0 Å². The third-order valence-corrected chi connectivity index (χ3v) is 1.70. The second-order valence-electron chi connectivity index (χ2n) is 3.40. The van der Waals surface area contributed by atoms with Gasteiger partial charge in [-0.15, -0.1) is 0 Å². The Morgan fingerprint density at radius 1 is 1.54 bits per heavy atom. The molecule has 0 fully saturated rings. The monoisotopic (exact) mass is 245 g/mol. The third kappa shape index (κ3) is 4.24. The number of rotatable bonds is 3. The van der Waals surface area contributed by atoms with Crippen LogP contribution in [0.25, 0.3) is 0 Å². The molecule has 0 bridgehead atoms. The van der Waals surface area contributed by atoms with Gasteiger partial charge < -0.3 is 9.84 Å². The predicted molar refractivity (Wildman–Crippen MR) is 53.7 cm³/mol. The van der Waals surface area contributed by atoms with Gasteiger partial charge in [-0.05, 0) is 35.8 Å². The first-order chi connectivity index (χ1) is 5.97. The summed E-state index contributed by atoms with van der Waals surface area (Å²) in [6.45, 7) is 3.60. The van der Waals surface area contributed by atoms with Crippen molar-refractivity contribution in [2.75, 3.05) is 6.61 Å². The molecule has 0 unspecified atom stereocenters. The van der Waals surface area contributed by atoms with Crippen LogP contribution >= 0.6 is 15.9 Å². The molecule has 1 N–H and O–H groups in total. The standard InChI is InChI=1S/C9H12BrNO2/c1-9(2,12)6-13-8-5-3-4-7(10)11-8/h3-5,12H,6H2,1-2H3. The lowest BCUT2D eigenvalue weighted by molar-refractivity contribution is 0.0268. The van der Waals surface area contributed by atoms with Crippen molar-refractivity contribution in [1.82, 2.24) is 4.98 Å². The summed E-state index contributed by atoms with van der Waals surface area (Å²) in [5.41, 5.74) is -0.829. The fraction of sp³-hybridized carbons (Fsp3) is 0.444. The smallest absolute Gasteiger partial charge is 0.214 e. The van der Waals surface area contributed by atoms with Gasteiger partial charge in [0.1, 0.15) is 11.2 Å². The van der Waals surface area contributed by atoms with E-state index in [4.69, 9.17) is 4.74 Å². The molecule has 0 aliphatic carbocycles. The Balaban J connectivity index is 2.55. The number of pyridine rings is 1. The van der Waals surface area contributed by atoms with Gasteiger partial charge in [0.15, 0.2) is 0 Å². The van der Waals surface area contributed by atoms with E-state index in [2.05, 4.69) is 20.9 Å². The number of ether oxygens (including phenoxy) is 1. The average molecular weight is 246 g/mol. The van der Waals surface area contributed by atoms with E-state index in [-0.39, 0.29) is 6.61 Å². The van der Waals surface area contributed by atoms with E-state index in [0.29, 0.717) is 5.88 Å². The maximum Gasteiger partial charge on any atom is 0.214 e. The van der Waals surface area contributed by atoms with Crippen LogP contribution in [-0.2, 0) is 0 Å². The van der Waals surface area contributed by atoms with Gasteiger partial charge in [-0.1, -0.05) is 6.07 Å². The number of halogens is 1. The fourth-order valence-corrected chi connectivity index (χ4v) is 1.05. The summed E-state index contributed by atoms with van der Waals surface area (Å²) < 4.78 is 5.98. The molecular formula is C9H12BrNO2. The Hall–Kier alpha value is -0.610. The molecule has 0 aliphatic heterocycles. The van der Waals surface area contributed by atoms with E-state index >= 15 is 0 Å². The normalized spacial score (nSPS) is 11.4. The van der Waals surface area contributed by atoms with Crippen LogP contribution in [0.1, 0.15) is 13.8 Å².